The molecule has 210 valence electrons. The number of ether oxygens (including phenoxy) is 3. The first-order chi connectivity index (χ1) is 18.4. The zero-order valence-corrected chi connectivity index (χ0v) is 27.6. The highest BCUT2D eigenvalue weighted by Gasteiger charge is 2.22. The second-order valence-electron chi connectivity index (χ2n) is 12.3. The summed E-state index contributed by atoms with van der Waals surface area (Å²) >= 11 is 3.61. The minimum absolute atomic E-state index is 0.317. The van der Waals surface area contributed by atoms with E-state index in [4.69, 9.17) is 24.3 Å². The SMILES string of the molecule is COC(=O)c1ccc2c(c1)c(-c1nc3ccc(Br)cc3n1COCC[Si](C)(C)C)nn2COCC[Si](C)(C)C. The molecular weight excluding hydrogens is 592 g/mol. The lowest BCUT2D eigenvalue weighted by molar-refractivity contribution is 0.0601. The molecule has 0 unspecified atom stereocenters. The highest BCUT2D eigenvalue weighted by molar-refractivity contribution is 9.10. The lowest BCUT2D eigenvalue weighted by atomic mass is 10.1. The Morgan fingerprint density at radius 1 is 0.897 bits per heavy atom. The molecule has 11 heteroatoms. The van der Waals surface area contributed by atoms with Crippen molar-refractivity contribution in [3.63, 3.8) is 0 Å². The second-order valence-corrected chi connectivity index (χ2v) is 24.4. The molecule has 0 amide bonds. The van der Waals surface area contributed by atoms with Gasteiger partial charge in [-0.15, -0.1) is 0 Å². The van der Waals surface area contributed by atoms with Gasteiger partial charge in [0.2, 0.25) is 0 Å². The van der Waals surface area contributed by atoms with E-state index in [9.17, 15) is 4.79 Å². The highest BCUT2D eigenvalue weighted by Crippen LogP contribution is 2.32. The van der Waals surface area contributed by atoms with Gasteiger partial charge >= 0.3 is 5.97 Å². The van der Waals surface area contributed by atoms with Gasteiger partial charge < -0.3 is 14.2 Å². The molecule has 0 fully saturated rings. The number of carbonyl (C=O) groups excluding carboxylic acids is 1. The Bertz CT molecular complexity index is 1470. The molecule has 0 bridgehead atoms. The molecule has 0 radical (unpaired) electrons. The minimum Gasteiger partial charge on any atom is -0.465 e. The van der Waals surface area contributed by atoms with Gasteiger partial charge in [-0.25, -0.2) is 14.5 Å². The standard InChI is InChI=1S/C28H39BrN4O4Si2/c1-35-28(34)20-8-11-24-22(16-20)26(31-33(24)19-37-13-15-39(5,6)7)27-30-23-10-9-21(29)17-25(23)32(27)18-36-12-14-38(2,3)4/h8-11,16-17H,12-15,18-19H2,1-7H3. The van der Waals surface area contributed by atoms with Crippen LogP contribution in [0.1, 0.15) is 10.4 Å². The summed E-state index contributed by atoms with van der Waals surface area (Å²) in [5.74, 6) is 0.290. The number of nitrogens with zero attached hydrogens (tertiary/aromatic N) is 4. The molecule has 39 heavy (non-hydrogen) atoms. The number of hydrogen-bond donors (Lipinski definition) is 0. The van der Waals surface area contributed by atoms with Gasteiger partial charge in [-0.3, -0.25) is 4.57 Å². The zero-order valence-electron chi connectivity index (χ0n) is 24.0. The van der Waals surface area contributed by atoms with Gasteiger partial charge in [0.15, 0.2) is 5.82 Å². The monoisotopic (exact) mass is 630 g/mol. The van der Waals surface area contributed by atoms with Crippen molar-refractivity contribution in [3.05, 3.63) is 46.4 Å². The summed E-state index contributed by atoms with van der Waals surface area (Å²) < 4.78 is 22.1. The van der Waals surface area contributed by atoms with Gasteiger partial charge in [-0.2, -0.15) is 5.10 Å². The summed E-state index contributed by atoms with van der Waals surface area (Å²) in [4.78, 5) is 17.4. The van der Waals surface area contributed by atoms with E-state index >= 15 is 0 Å². The predicted molar refractivity (Wildman–Crippen MR) is 166 cm³/mol. The highest BCUT2D eigenvalue weighted by atomic mass is 79.9. The lowest BCUT2D eigenvalue weighted by Crippen LogP contribution is -2.22. The number of hydrogen-bond acceptors (Lipinski definition) is 6. The third-order valence-electron chi connectivity index (χ3n) is 6.52. The van der Waals surface area contributed by atoms with E-state index in [1.165, 1.54) is 7.11 Å². The molecule has 0 aliphatic carbocycles. The molecule has 2 heterocycles. The maximum Gasteiger partial charge on any atom is 0.337 e. The van der Waals surface area contributed by atoms with Crippen LogP contribution in [0.25, 0.3) is 33.5 Å². The van der Waals surface area contributed by atoms with Crippen LogP contribution in [0.15, 0.2) is 40.9 Å². The molecule has 0 aliphatic rings. The van der Waals surface area contributed by atoms with E-state index < -0.39 is 22.1 Å². The predicted octanol–water partition coefficient (Wildman–Crippen LogP) is 7.23. The first kappa shape index (κ1) is 29.7. The van der Waals surface area contributed by atoms with Crippen molar-refractivity contribution in [1.82, 2.24) is 19.3 Å². The fraction of sp³-hybridized carbons (Fsp3) is 0.464. The summed E-state index contributed by atoms with van der Waals surface area (Å²) in [7, 11) is -1.06. The first-order valence-corrected chi connectivity index (χ1v) is 21.5. The van der Waals surface area contributed by atoms with Crippen molar-refractivity contribution in [2.45, 2.75) is 64.8 Å². The van der Waals surface area contributed by atoms with Crippen LogP contribution in [0.5, 0.6) is 0 Å². The number of benzene rings is 2. The van der Waals surface area contributed by atoms with Crippen LogP contribution in [0.2, 0.25) is 51.4 Å². The second kappa shape index (κ2) is 12.1. The van der Waals surface area contributed by atoms with Crippen LogP contribution in [0, 0.1) is 0 Å². The molecule has 0 atom stereocenters. The van der Waals surface area contributed by atoms with Crippen LogP contribution in [0.3, 0.4) is 0 Å². The van der Waals surface area contributed by atoms with Gasteiger partial charge in [-0.1, -0.05) is 55.2 Å². The molecule has 8 nitrogen and oxygen atoms in total. The van der Waals surface area contributed by atoms with E-state index in [-0.39, 0.29) is 0 Å². The quantitative estimate of drug-likeness (QED) is 0.0933. The lowest BCUT2D eigenvalue weighted by Gasteiger charge is -2.16. The molecule has 2 aromatic carbocycles. The maximum atomic E-state index is 12.4. The Balaban J connectivity index is 1.78. The maximum absolute atomic E-state index is 12.4. The molecule has 0 aliphatic heterocycles. The number of fused-ring (bicyclic) bond motifs is 2. The Kier molecular flexibility index (Phi) is 9.17. The summed E-state index contributed by atoms with van der Waals surface area (Å²) in [5, 5.41) is 5.78. The van der Waals surface area contributed by atoms with Gasteiger partial charge in [0.05, 0.1) is 29.2 Å². The van der Waals surface area contributed by atoms with Crippen molar-refractivity contribution < 1.29 is 19.0 Å². The molecular formula is C28H39BrN4O4Si2. The van der Waals surface area contributed by atoms with E-state index in [1.807, 2.05) is 35.0 Å². The van der Waals surface area contributed by atoms with Crippen LogP contribution >= 0.6 is 15.9 Å². The van der Waals surface area contributed by atoms with Gasteiger partial charge in [0.25, 0.3) is 0 Å². The smallest absolute Gasteiger partial charge is 0.337 e. The van der Waals surface area contributed by atoms with Crippen molar-refractivity contribution in [3.8, 4) is 11.5 Å². The largest absolute Gasteiger partial charge is 0.465 e. The minimum atomic E-state index is -1.23. The fourth-order valence-corrected chi connectivity index (χ4v) is 6.02. The van der Waals surface area contributed by atoms with E-state index in [2.05, 4.69) is 59.8 Å². The number of imidazole rings is 1. The fourth-order valence-electron chi connectivity index (χ4n) is 4.16. The van der Waals surface area contributed by atoms with Crippen LogP contribution in [0.4, 0.5) is 0 Å². The van der Waals surface area contributed by atoms with E-state index in [0.29, 0.717) is 43.8 Å². The third kappa shape index (κ3) is 7.46. The van der Waals surface area contributed by atoms with E-state index in [0.717, 1.165) is 38.5 Å². The van der Waals surface area contributed by atoms with Gasteiger partial charge in [0.1, 0.15) is 19.2 Å². The molecule has 0 spiro atoms. The van der Waals surface area contributed by atoms with Crippen LogP contribution in [-0.2, 0) is 27.7 Å². The Hall–Kier alpha value is -2.32. The average molecular weight is 632 g/mol. The van der Waals surface area contributed by atoms with Crippen molar-refractivity contribution in [1.29, 1.82) is 0 Å². The number of halogens is 1. The molecule has 4 aromatic rings. The molecule has 0 N–H and O–H groups in total. The number of carbonyl (C=O) groups is 1. The van der Waals surface area contributed by atoms with Gasteiger partial charge in [0, 0.05) is 39.2 Å². The Morgan fingerprint density at radius 3 is 2.21 bits per heavy atom. The third-order valence-corrected chi connectivity index (χ3v) is 10.4. The number of aromatic nitrogens is 4. The van der Waals surface area contributed by atoms with Crippen LogP contribution in [-0.4, -0.2) is 61.8 Å². The summed E-state index contributed by atoms with van der Waals surface area (Å²) in [6.07, 6.45) is 0. The summed E-state index contributed by atoms with van der Waals surface area (Å²) in [6, 6.07) is 13.7. The van der Waals surface area contributed by atoms with Crippen LogP contribution < -0.4 is 0 Å². The van der Waals surface area contributed by atoms with Crippen molar-refractivity contribution >= 4 is 60.0 Å². The van der Waals surface area contributed by atoms with E-state index in [1.54, 1.807) is 6.07 Å². The summed E-state index contributed by atoms with van der Waals surface area (Å²) in [6.45, 7) is 16.1. The zero-order chi connectivity index (χ0) is 28.4. The average Bonchev–Trinajstić information content (AvgIpc) is 3.40. The molecule has 0 saturated heterocycles. The normalized spacial score (nSPS) is 12.5. The number of rotatable bonds is 12. The topological polar surface area (TPSA) is 80.4 Å². The molecule has 4 rings (SSSR count). The summed E-state index contributed by atoms with van der Waals surface area (Å²) in [5.41, 5.74) is 3.80. The Labute approximate surface area is 240 Å². The molecule has 2 aromatic heterocycles. The Morgan fingerprint density at radius 2 is 1.56 bits per heavy atom. The number of methoxy groups -OCH3 is 1. The number of esters is 1. The first-order valence-electron chi connectivity index (χ1n) is 13.3. The van der Waals surface area contributed by atoms with Gasteiger partial charge in [-0.05, 0) is 48.5 Å². The van der Waals surface area contributed by atoms with Crippen molar-refractivity contribution in [2.24, 2.45) is 0 Å². The molecule has 0 saturated carbocycles. The van der Waals surface area contributed by atoms with Crippen molar-refractivity contribution in [2.75, 3.05) is 20.3 Å².